The maximum absolute atomic E-state index is 4.45. The standard InChI is InChI=1S/C13H19BrN4S/c1-9(7-18-8-12(14)6-16-18)15-5-4-13-10(2)17-11(3)19-13/h6,8-9,15H,4-5,7H2,1-3H3/t9-/m1/s1. The molecule has 2 aromatic rings. The highest BCUT2D eigenvalue weighted by Crippen LogP contribution is 2.17. The van der Waals surface area contributed by atoms with E-state index in [4.69, 9.17) is 0 Å². The van der Waals surface area contributed by atoms with Gasteiger partial charge in [-0.25, -0.2) is 4.98 Å². The molecule has 2 heterocycles. The molecule has 0 aliphatic heterocycles. The summed E-state index contributed by atoms with van der Waals surface area (Å²) in [5, 5.41) is 8.94. The van der Waals surface area contributed by atoms with Crippen molar-refractivity contribution in [3.8, 4) is 0 Å². The maximum Gasteiger partial charge on any atom is 0.0900 e. The Morgan fingerprint density at radius 2 is 2.26 bits per heavy atom. The molecule has 2 aromatic heterocycles. The minimum absolute atomic E-state index is 0.404. The van der Waals surface area contributed by atoms with E-state index in [2.05, 4.69) is 52.1 Å². The first-order valence-electron chi connectivity index (χ1n) is 6.39. The second kappa shape index (κ2) is 6.63. The van der Waals surface area contributed by atoms with Gasteiger partial charge in [0.05, 0.1) is 27.9 Å². The van der Waals surface area contributed by atoms with Crippen LogP contribution >= 0.6 is 27.3 Å². The lowest BCUT2D eigenvalue weighted by Gasteiger charge is -2.13. The first-order chi connectivity index (χ1) is 9.04. The van der Waals surface area contributed by atoms with Gasteiger partial charge in [-0.1, -0.05) is 0 Å². The lowest BCUT2D eigenvalue weighted by molar-refractivity contribution is 0.454. The van der Waals surface area contributed by atoms with Gasteiger partial charge in [-0.05, 0) is 43.1 Å². The Labute approximate surface area is 126 Å². The topological polar surface area (TPSA) is 42.7 Å². The Hall–Kier alpha value is -0.720. The van der Waals surface area contributed by atoms with E-state index in [1.54, 1.807) is 11.3 Å². The summed E-state index contributed by atoms with van der Waals surface area (Å²) in [7, 11) is 0. The van der Waals surface area contributed by atoms with Crippen molar-refractivity contribution < 1.29 is 0 Å². The monoisotopic (exact) mass is 342 g/mol. The van der Waals surface area contributed by atoms with Crippen LogP contribution in [0.3, 0.4) is 0 Å². The summed E-state index contributed by atoms with van der Waals surface area (Å²) < 4.78 is 2.97. The van der Waals surface area contributed by atoms with Crippen molar-refractivity contribution in [3.63, 3.8) is 0 Å². The summed E-state index contributed by atoms with van der Waals surface area (Å²) in [5.41, 5.74) is 1.17. The molecule has 0 aliphatic rings. The van der Waals surface area contributed by atoms with Gasteiger partial charge in [0.15, 0.2) is 0 Å². The first-order valence-corrected chi connectivity index (χ1v) is 8.00. The van der Waals surface area contributed by atoms with Crippen molar-refractivity contribution >= 4 is 27.3 Å². The Morgan fingerprint density at radius 1 is 1.47 bits per heavy atom. The van der Waals surface area contributed by atoms with Crippen LogP contribution in [0.1, 0.15) is 22.5 Å². The molecule has 1 atom stereocenters. The lowest BCUT2D eigenvalue weighted by Crippen LogP contribution is -2.32. The second-order valence-corrected chi connectivity index (χ2v) is 6.93. The van der Waals surface area contributed by atoms with Gasteiger partial charge in [-0.2, -0.15) is 5.10 Å². The van der Waals surface area contributed by atoms with Crippen molar-refractivity contribution in [2.75, 3.05) is 6.54 Å². The smallest absolute Gasteiger partial charge is 0.0900 e. The molecular weight excluding hydrogens is 324 g/mol. The van der Waals surface area contributed by atoms with Crippen LogP contribution in [0.25, 0.3) is 0 Å². The maximum atomic E-state index is 4.45. The molecule has 0 saturated carbocycles. The number of hydrogen-bond donors (Lipinski definition) is 1. The fourth-order valence-corrected chi connectivity index (χ4v) is 3.29. The van der Waals surface area contributed by atoms with Gasteiger partial charge >= 0.3 is 0 Å². The van der Waals surface area contributed by atoms with Crippen molar-refractivity contribution in [1.29, 1.82) is 0 Å². The van der Waals surface area contributed by atoms with E-state index in [-0.39, 0.29) is 0 Å². The van der Waals surface area contributed by atoms with Crippen LogP contribution in [-0.2, 0) is 13.0 Å². The highest BCUT2D eigenvalue weighted by Gasteiger charge is 2.07. The normalized spacial score (nSPS) is 12.8. The Balaban J connectivity index is 1.75. The third-order valence-electron chi connectivity index (χ3n) is 2.91. The number of hydrogen-bond acceptors (Lipinski definition) is 4. The van der Waals surface area contributed by atoms with Crippen LogP contribution in [0.4, 0.5) is 0 Å². The molecule has 0 fully saturated rings. The van der Waals surface area contributed by atoms with E-state index in [1.165, 1.54) is 10.6 Å². The predicted octanol–water partition coefficient (Wildman–Crippen LogP) is 2.94. The van der Waals surface area contributed by atoms with E-state index < -0.39 is 0 Å². The highest BCUT2D eigenvalue weighted by atomic mass is 79.9. The molecular formula is C13H19BrN4S. The molecule has 0 aliphatic carbocycles. The molecule has 0 aromatic carbocycles. The fraction of sp³-hybridized carbons (Fsp3) is 0.538. The van der Waals surface area contributed by atoms with Gasteiger partial charge in [0.2, 0.25) is 0 Å². The van der Waals surface area contributed by atoms with E-state index in [9.17, 15) is 0 Å². The zero-order valence-corrected chi connectivity index (χ0v) is 13.9. The molecule has 0 bridgehead atoms. The fourth-order valence-electron chi connectivity index (χ4n) is 2.02. The molecule has 0 amide bonds. The van der Waals surface area contributed by atoms with E-state index in [1.807, 2.05) is 17.1 Å². The lowest BCUT2D eigenvalue weighted by atomic mass is 10.2. The van der Waals surface area contributed by atoms with E-state index >= 15 is 0 Å². The highest BCUT2D eigenvalue weighted by molar-refractivity contribution is 9.10. The number of aromatic nitrogens is 3. The SMILES string of the molecule is Cc1nc(C)c(CCN[C@H](C)Cn2cc(Br)cn2)s1. The van der Waals surface area contributed by atoms with Crippen molar-refractivity contribution in [1.82, 2.24) is 20.1 Å². The van der Waals surface area contributed by atoms with E-state index in [0.717, 1.165) is 29.0 Å². The minimum Gasteiger partial charge on any atom is -0.312 e. The van der Waals surface area contributed by atoms with Gasteiger partial charge in [0, 0.05) is 23.7 Å². The summed E-state index contributed by atoms with van der Waals surface area (Å²) >= 11 is 5.20. The molecule has 0 radical (unpaired) electrons. The predicted molar refractivity (Wildman–Crippen MR) is 82.7 cm³/mol. The largest absolute Gasteiger partial charge is 0.312 e. The summed E-state index contributed by atoms with van der Waals surface area (Å²) in [6.07, 6.45) is 4.86. The van der Waals surface area contributed by atoms with Crippen LogP contribution in [-0.4, -0.2) is 27.4 Å². The van der Waals surface area contributed by atoms with Crippen molar-refractivity contribution in [2.24, 2.45) is 0 Å². The second-order valence-electron chi connectivity index (χ2n) is 4.73. The molecule has 104 valence electrons. The van der Waals surface area contributed by atoms with Crippen molar-refractivity contribution in [2.45, 2.75) is 39.8 Å². The van der Waals surface area contributed by atoms with Crippen LogP contribution in [0.15, 0.2) is 16.9 Å². The molecule has 0 unspecified atom stereocenters. The van der Waals surface area contributed by atoms with Gasteiger partial charge in [-0.3, -0.25) is 4.68 Å². The molecule has 19 heavy (non-hydrogen) atoms. The summed E-state index contributed by atoms with van der Waals surface area (Å²) in [6.45, 7) is 8.19. The summed E-state index contributed by atoms with van der Waals surface area (Å²) in [6, 6.07) is 0.404. The van der Waals surface area contributed by atoms with Gasteiger partial charge in [-0.15, -0.1) is 11.3 Å². The van der Waals surface area contributed by atoms with Crippen LogP contribution in [0.2, 0.25) is 0 Å². The third-order valence-corrected chi connectivity index (χ3v) is 4.45. The molecule has 4 nitrogen and oxygen atoms in total. The molecule has 0 saturated heterocycles. The summed E-state index contributed by atoms with van der Waals surface area (Å²) in [5.74, 6) is 0. The van der Waals surface area contributed by atoms with Gasteiger partial charge < -0.3 is 5.32 Å². The third kappa shape index (κ3) is 4.40. The van der Waals surface area contributed by atoms with Crippen LogP contribution in [0.5, 0.6) is 0 Å². The van der Waals surface area contributed by atoms with Crippen LogP contribution in [0, 0.1) is 13.8 Å². The molecule has 1 N–H and O–H groups in total. The average molecular weight is 343 g/mol. The van der Waals surface area contributed by atoms with Gasteiger partial charge in [0.1, 0.15) is 0 Å². The molecule has 2 rings (SSSR count). The van der Waals surface area contributed by atoms with Crippen molar-refractivity contribution in [3.05, 3.63) is 32.4 Å². The van der Waals surface area contributed by atoms with Crippen LogP contribution < -0.4 is 5.32 Å². The van der Waals surface area contributed by atoms with E-state index in [0.29, 0.717) is 6.04 Å². The Kier molecular flexibility index (Phi) is 5.13. The summed E-state index contributed by atoms with van der Waals surface area (Å²) in [4.78, 5) is 5.84. The number of aryl methyl sites for hydroxylation is 2. The number of nitrogens with zero attached hydrogens (tertiary/aromatic N) is 3. The average Bonchev–Trinajstić information content (AvgIpc) is 2.86. The van der Waals surface area contributed by atoms with Gasteiger partial charge in [0.25, 0.3) is 0 Å². The number of nitrogens with one attached hydrogen (secondary N) is 1. The first kappa shape index (κ1) is 14.7. The number of thiazole rings is 1. The quantitative estimate of drug-likeness (QED) is 0.877. The molecule has 6 heteroatoms. The minimum atomic E-state index is 0.404. The zero-order valence-electron chi connectivity index (χ0n) is 11.5. The zero-order chi connectivity index (χ0) is 13.8. The Bertz CT molecular complexity index is 534. The molecule has 0 spiro atoms. The number of rotatable bonds is 6. The Morgan fingerprint density at radius 3 is 2.84 bits per heavy atom. The number of halogens is 1.